The molecule has 0 amide bonds. The summed E-state index contributed by atoms with van der Waals surface area (Å²) in [5, 5.41) is 0. The van der Waals surface area contributed by atoms with Gasteiger partial charge in [0.15, 0.2) is 0 Å². The van der Waals surface area contributed by atoms with Crippen molar-refractivity contribution in [3.63, 3.8) is 0 Å². The van der Waals surface area contributed by atoms with Gasteiger partial charge in [0.2, 0.25) is 0 Å². The van der Waals surface area contributed by atoms with E-state index in [0.717, 1.165) is 35.7 Å². The fourth-order valence-electron chi connectivity index (χ4n) is 1.76. The predicted molar refractivity (Wildman–Crippen MR) is 62.9 cm³/mol. The zero-order valence-corrected chi connectivity index (χ0v) is 9.40. The van der Waals surface area contributed by atoms with Gasteiger partial charge < -0.3 is 10.7 Å². The molecule has 0 aliphatic carbocycles. The molecule has 4 nitrogen and oxygen atoms in total. The Hall–Kier alpha value is -1.68. The third kappa shape index (κ3) is 2.46. The average molecular weight is 216 g/mol. The fourth-order valence-corrected chi connectivity index (χ4v) is 1.76. The van der Waals surface area contributed by atoms with Gasteiger partial charge in [-0.15, -0.1) is 0 Å². The van der Waals surface area contributed by atoms with Crippen molar-refractivity contribution in [3.05, 3.63) is 47.3 Å². The highest BCUT2D eigenvalue weighted by Gasteiger charge is 2.06. The zero-order chi connectivity index (χ0) is 11.4. The number of aromatic nitrogens is 3. The molecule has 4 heteroatoms. The van der Waals surface area contributed by atoms with Gasteiger partial charge in [-0.05, 0) is 31.9 Å². The Morgan fingerprint density at radius 2 is 2.19 bits per heavy atom. The molecule has 0 fully saturated rings. The lowest BCUT2D eigenvalue weighted by Gasteiger charge is -2.00. The lowest BCUT2D eigenvalue weighted by molar-refractivity contribution is 0.860. The standard InChI is InChI=1S/C12H16N4/c1-9-15-11(12(8-13)16-9)6-5-10-4-2-3-7-14-10/h2-4,7H,5-6,8,13H2,1H3,(H,15,16). The molecule has 2 heterocycles. The summed E-state index contributed by atoms with van der Waals surface area (Å²) in [5.74, 6) is 0.927. The molecule has 84 valence electrons. The average Bonchev–Trinajstić information content (AvgIpc) is 2.68. The molecule has 0 spiro atoms. The maximum atomic E-state index is 5.65. The van der Waals surface area contributed by atoms with Gasteiger partial charge in [0, 0.05) is 18.4 Å². The molecule has 0 aromatic carbocycles. The first-order valence-corrected chi connectivity index (χ1v) is 5.44. The van der Waals surface area contributed by atoms with E-state index in [4.69, 9.17) is 5.73 Å². The highest BCUT2D eigenvalue weighted by Crippen LogP contribution is 2.08. The lowest BCUT2D eigenvalue weighted by Crippen LogP contribution is -2.03. The summed E-state index contributed by atoms with van der Waals surface area (Å²) in [6.07, 6.45) is 3.60. The second-order valence-corrected chi connectivity index (χ2v) is 3.77. The van der Waals surface area contributed by atoms with Gasteiger partial charge in [-0.25, -0.2) is 4.98 Å². The fraction of sp³-hybridized carbons (Fsp3) is 0.333. The predicted octanol–water partition coefficient (Wildman–Crippen LogP) is 1.36. The number of hydrogen-bond donors (Lipinski definition) is 2. The summed E-state index contributed by atoms with van der Waals surface area (Å²) in [6, 6.07) is 5.96. The SMILES string of the molecule is Cc1nc(CCc2ccccn2)c(CN)[nH]1. The number of H-pyrrole nitrogens is 1. The minimum absolute atomic E-state index is 0.512. The second-order valence-electron chi connectivity index (χ2n) is 3.77. The molecule has 2 rings (SSSR count). The van der Waals surface area contributed by atoms with E-state index >= 15 is 0 Å². The van der Waals surface area contributed by atoms with E-state index in [2.05, 4.69) is 15.0 Å². The first-order valence-electron chi connectivity index (χ1n) is 5.44. The van der Waals surface area contributed by atoms with Gasteiger partial charge in [-0.1, -0.05) is 6.07 Å². The number of rotatable bonds is 4. The summed E-state index contributed by atoms with van der Waals surface area (Å²) in [6.45, 7) is 2.46. The van der Waals surface area contributed by atoms with E-state index in [1.54, 1.807) is 0 Å². The molecule has 0 aliphatic heterocycles. The molecule has 0 bridgehead atoms. The van der Waals surface area contributed by atoms with E-state index in [1.807, 2.05) is 31.3 Å². The Balaban J connectivity index is 2.04. The minimum atomic E-state index is 0.512. The van der Waals surface area contributed by atoms with E-state index < -0.39 is 0 Å². The van der Waals surface area contributed by atoms with Crippen molar-refractivity contribution in [2.45, 2.75) is 26.3 Å². The van der Waals surface area contributed by atoms with Gasteiger partial charge in [0.25, 0.3) is 0 Å². The van der Waals surface area contributed by atoms with E-state index in [-0.39, 0.29) is 0 Å². The molecule has 16 heavy (non-hydrogen) atoms. The Labute approximate surface area is 94.9 Å². The molecule has 2 aromatic heterocycles. The van der Waals surface area contributed by atoms with Crippen LogP contribution < -0.4 is 5.73 Å². The first kappa shape index (κ1) is 10.8. The van der Waals surface area contributed by atoms with Crippen LogP contribution in [0.4, 0.5) is 0 Å². The van der Waals surface area contributed by atoms with Crippen LogP contribution in [0.1, 0.15) is 22.9 Å². The number of imidazole rings is 1. The van der Waals surface area contributed by atoms with Crippen molar-refractivity contribution in [2.24, 2.45) is 5.73 Å². The summed E-state index contributed by atoms with van der Waals surface area (Å²) in [5.41, 5.74) is 8.83. The number of pyridine rings is 1. The monoisotopic (exact) mass is 216 g/mol. The smallest absolute Gasteiger partial charge is 0.103 e. The quantitative estimate of drug-likeness (QED) is 0.810. The molecular weight excluding hydrogens is 200 g/mol. The topological polar surface area (TPSA) is 67.6 Å². The molecule has 0 unspecified atom stereocenters. The van der Waals surface area contributed by atoms with E-state index in [1.165, 1.54) is 0 Å². The van der Waals surface area contributed by atoms with Gasteiger partial charge >= 0.3 is 0 Å². The number of nitrogens with two attached hydrogens (primary N) is 1. The molecule has 3 N–H and O–H groups in total. The van der Waals surface area contributed by atoms with Gasteiger partial charge in [-0.3, -0.25) is 4.98 Å². The summed E-state index contributed by atoms with van der Waals surface area (Å²) < 4.78 is 0. The Morgan fingerprint density at radius 3 is 2.88 bits per heavy atom. The maximum absolute atomic E-state index is 5.65. The van der Waals surface area contributed by atoms with E-state index in [0.29, 0.717) is 6.54 Å². The molecule has 2 aromatic rings. The number of nitrogens with zero attached hydrogens (tertiary/aromatic N) is 2. The first-order chi connectivity index (χ1) is 7.79. The Kier molecular flexibility index (Phi) is 3.31. The summed E-state index contributed by atoms with van der Waals surface area (Å²) >= 11 is 0. The van der Waals surface area contributed by atoms with Crippen molar-refractivity contribution in [3.8, 4) is 0 Å². The Bertz CT molecular complexity index is 447. The van der Waals surface area contributed by atoms with Crippen molar-refractivity contribution < 1.29 is 0 Å². The molecule has 0 aliphatic rings. The number of nitrogens with one attached hydrogen (secondary N) is 1. The molecular formula is C12H16N4. The summed E-state index contributed by atoms with van der Waals surface area (Å²) in [7, 11) is 0. The molecule has 0 atom stereocenters. The number of hydrogen-bond acceptors (Lipinski definition) is 3. The number of aromatic amines is 1. The molecule has 0 radical (unpaired) electrons. The van der Waals surface area contributed by atoms with Crippen LogP contribution in [0.2, 0.25) is 0 Å². The van der Waals surface area contributed by atoms with Crippen LogP contribution in [0.15, 0.2) is 24.4 Å². The largest absolute Gasteiger partial charge is 0.345 e. The van der Waals surface area contributed by atoms with Crippen LogP contribution in [-0.4, -0.2) is 15.0 Å². The number of aryl methyl sites for hydroxylation is 3. The van der Waals surface area contributed by atoms with Crippen LogP contribution in [-0.2, 0) is 19.4 Å². The Morgan fingerprint density at radius 1 is 1.31 bits per heavy atom. The third-order valence-corrected chi connectivity index (χ3v) is 2.53. The van der Waals surface area contributed by atoms with Crippen LogP contribution in [0.3, 0.4) is 0 Å². The van der Waals surface area contributed by atoms with Gasteiger partial charge in [0.1, 0.15) is 5.82 Å². The summed E-state index contributed by atoms with van der Waals surface area (Å²) in [4.78, 5) is 11.9. The van der Waals surface area contributed by atoms with Crippen molar-refractivity contribution in [1.82, 2.24) is 15.0 Å². The van der Waals surface area contributed by atoms with Crippen LogP contribution in [0.25, 0.3) is 0 Å². The second kappa shape index (κ2) is 4.90. The van der Waals surface area contributed by atoms with Crippen molar-refractivity contribution >= 4 is 0 Å². The molecule has 0 saturated heterocycles. The molecule has 0 saturated carbocycles. The highest BCUT2D eigenvalue weighted by atomic mass is 14.9. The minimum Gasteiger partial charge on any atom is -0.345 e. The van der Waals surface area contributed by atoms with Gasteiger partial charge in [-0.2, -0.15) is 0 Å². The lowest BCUT2D eigenvalue weighted by atomic mass is 10.1. The highest BCUT2D eigenvalue weighted by molar-refractivity contribution is 5.16. The third-order valence-electron chi connectivity index (χ3n) is 2.53. The van der Waals surface area contributed by atoms with Crippen LogP contribution in [0.5, 0.6) is 0 Å². The normalized spacial score (nSPS) is 10.6. The van der Waals surface area contributed by atoms with E-state index in [9.17, 15) is 0 Å². The van der Waals surface area contributed by atoms with Crippen molar-refractivity contribution in [2.75, 3.05) is 0 Å². The van der Waals surface area contributed by atoms with Crippen LogP contribution >= 0.6 is 0 Å². The van der Waals surface area contributed by atoms with Crippen LogP contribution in [0, 0.1) is 6.92 Å². The van der Waals surface area contributed by atoms with Crippen molar-refractivity contribution in [1.29, 1.82) is 0 Å². The zero-order valence-electron chi connectivity index (χ0n) is 9.40. The maximum Gasteiger partial charge on any atom is 0.103 e. The van der Waals surface area contributed by atoms with Gasteiger partial charge in [0.05, 0.1) is 11.4 Å².